The maximum Gasteiger partial charge on any atom is 0.212 e. The molecule has 0 fully saturated rings. The number of ether oxygens (including phenoxy) is 1. The smallest absolute Gasteiger partial charge is 0.212 e. The van der Waals surface area contributed by atoms with Crippen molar-refractivity contribution in [2.45, 2.75) is 19.0 Å². The van der Waals surface area contributed by atoms with Gasteiger partial charge < -0.3 is 10.5 Å². The van der Waals surface area contributed by atoms with Crippen LogP contribution in [0.2, 0.25) is 0 Å². The second kappa shape index (κ2) is 6.24. The second-order valence-corrected chi connectivity index (χ2v) is 5.37. The molecule has 1 aromatic carbocycles. The molecule has 1 aliphatic heterocycles. The van der Waals surface area contributed by atoms with Gasteiger partial charge in [0.1, 0.15) is 0 Å². The Hall–Kier alpha value is -1.91. The minimum atomic E-state index is 0.205. The fourth-order valence-corrected chi connectivity index (χ4v) is 2.99. The molecule has 0 bridgehead atoms. The van der Waals surface area contributed by atoms with E-state index in [0.717, 1.165) is 25.1 Å². The number of nitrogens with two attached hydrogens (primary N) is 1. The van der Waals surface area contributed by atoms with Crippen LogP contribution in [0.5, 0.6) is 5.88 Å². The maximum absolute atomic E-state index is 6.03. The molecule has 21 heavy (non-hydrogen) atoms. The molecule has 0 aliphatic carbocycles. The Morgan fingerprint density at radius 1 is 1.24 bits per heavy atom. The van der Waals surface area contributed by atoms with Crippen LogP contribution < -0.4 is 10.5 Å². The van der Waals surface area contributed by atoms with E-state index in [9.17, 15) is 0 Å². The van der Waals surface area contributed by atoms with Crippen molar-refractivity contribution in [2.75, 3.05) is 20.2 Å². The molecular formula is C17H21N3O. The summed E-state index contributed by atoms with van der Waals surface area (Å²) in [4.78, 5) is 6.74. The Morgan fingerprint density at radius 2 is 2.05 bits per heavy atom. The van der Waals surface area contributed by atoms with Crippen molar-refractivity contribution < 1.29 is 4.74 Å². The quantitative estimate of drug-likeness (QED) is 0.934. The molecule has 0 radical (unpaired) electrons. The highest BCUT2D eigenvalue weighted by Crippen LogP contribution is 2.27. The lowest BCUT2D eigenvalue weighted by atomic mass is 9.97. The predicted octanol–water partition coefficient (Wildman–Crippen LogP) is 2.15. The van der Waals surface area contributed by atoms with Crippen molar-refractivity contribution in [2.24, 2.45) is 5.73 Å². The summed E-state index contributed by atoms with van der Waals surface area (Å²) in [7, 11) is 1.63. The van der Waals surface area contributed by atoms with Crippen molar-refractivity contribution in [3.05, 3.63) is 59.3 Å². The molecule has 110 valence electrons. The summed E-state index contributed by atoms with van der Waals surface area (Å²) < 4.78 is 5.12. The first-order valence-electron chi connectivity index (χ1n) is 7.32. The van der Waals surface area contributed by atoms with Crippen molar-refractivity contribution in [3.8, 4) is 5.88 Å². The van der Waals surface area contributed by atoms with Gasteiger partial charge in [-0.05, 0) is 23.1 Å². The van der Waals surface area contributed by atoms with E-state index in [1.54, 1.807) is 7.11 Å². The number of nitrogens with zero attached hydrogens (tertiary/aromatic N) is 2. The van der Waals surface area contributed by atoms with Crippen LogP contribution in [0, 0.1) is 0 Å². The summed E-state index contributed by atoms with van der Waals surface area (Å²) in [6.07, 6.45) is 2.95. The second-order valence-electron chi connectivity index (χ2n) is 5.37. The van der Waals surface area contributed by atoms with Gasteiger partial charge >= 0.3 is 0 Å². The lowest BCUT2D eigenvalue weighted by molar-refractivity contribution is 0.183. The summed E-state index contributed by atoms with van der Waals surface area (Å²) in [5, 5.41) is 0. The van der Waals surface area contributed by atoms with Gasteiger partial charge in [-0.3, -0.25) is 4.90 Å². The van der Waals surface area contributed by atoms with E-state index >= 15 is 0 Å². The molecule has 1 unspecified atom stereocenters. The molecule has 4 nitrogen and oxygen atoms in total. The molecule has 0 amide bonds. The van der Waals surface area contributed by atoms with Crippen LogP contribution in [-0.2, 0) is 13.0 Å². The number of rotatable bonds is 4. The highest BCUT2D eigenvalue weighted by Gasteiger charge is 2.23. The first kappa shape index (κ1) is 14.0. The van der Waals surface area contributed by atoms with Gasteiger partial charge in [0, 0.05) is 37.9 Å². The molecule has 0 saturated carbocycles. The van der Waals surface area contributed by atoms with Gasteiger partial charge in [-0.2, -0.15) is 0 Å². The van der Waals surface area contributed by atoms with Gasteiger partial charge in [-0.1, -0.05) is 30.3 Å². The molecule has 2 aromatic rings. The van der Waals surface area contributed by atoms with E-state index < -0.39 is 0 Å². The zero-order chi connectivity index (χ0) is 14.7. The maximum atomic E-state index is 6.03. The fraction of sp³-hybridized carbons (Fsp3) is 0.353. The standard InChI is InChI=1S/C17H21N3O/c1-21-17-7-6-14(11-19-17)16(10-18)20-9-8-13-4-2-3-5-15(13)12-20/h2-7,11,16H,8-10,12,18H2,1H3. The largest absolute Gasteiger partial charge is 0.481 e. The monoisotopic (exact) mass is 283 g/mol. The SMILES string of the molecule is COc1ccc(C(CN)N2CCc3ccccc3C2)cn1. The van der Waals surface area contributed by atoms with Crippen molar-refractivity contribution >= 4 is 0 Å². The van der Waals surface area contributed by atoms with Gasteiger partial charge in [0.2, 0.25) is 5.88 Å². The number of hydrogen-bond acceptors (Lipinski definition) is 4. The molecule has 2 heterocycles. The summed E-state index contributed by atoms with van der Waals surface area (Å²) in [5.41, 5.74) is 10.0. The molecule has 1 aliphatic rings. The zero-order valence-corrected chi connectivity index (χ0v) is 12.3. The third-order valence-corrected chi connectivity index (χ3v) is 4.18. The van der Waals surface area contributed by atoms with Crippen LogP contribution in [0.3, 0.4) is 0 Å². The molecule has 1 atom stereocenters. The normalized spacial score (nSPS) is 16.3. The number of fused-ring (bicyclic) bond motifs is 1. The zero-order valence-electron chi connectivity index (χ0n) is 12.3. The molecule has 4 heteroatoms. The third-order valence-electron chi connectivity index (χ3n) is 4.18. The molecule has 0 spiro atoms. The molecule has 1 aromatic heterocycles. The van der Waals surface area contributed by atoms with E-state index in [2.05, 4.69) is 40.2 Å². The summed E-state index contributed by atoms with van der Waals surface area (Å²) >= 11 is 0. The fourth-order valence-electron chi connectivity index (χ4n) is 2.99. The number of pyridine rings is 1. The van der Waals surface area contributed by atoms with E-state index in [0.29, 0.717) is 12.4 Å². The minimum absolute atomic E-state index is 0.205. The van der Waals surface area contributed by atoms with Crippen molar-refractivity contribution in [3.63, 3.8) is 0 Å². The van der Waals surface area contributed by atoms with Crippen LogP contribution in [0.15, 0.2) is 42.6 Å². The molecule has 0 saturated heterocycles. The summed E-state index contributed by atoms with van der Waals surface area (Å²) in [6.45, 7) is 2.57. The van der Waals surface area contributed by atoms with Gasteiger partial charge in [0.05, 0.1) is 7.11 Å². The van der Waals surface area contributed by atoms with Gasteiger partial charge in [0.25, 0.3) is 0 Å². The Balaban J connectivity index is 1.80. The predicted molar refractivity (Wildman–Crippen MR) is 83.1 cm³/mol. The average Bonchev–Trinajstić information content (AvgIpc) is 2.56. The van der Waals surface area contributed by atoms with E-state index in [4.69, 9.17) is 10.5 Å². The Kier molecular flexibility index (Phi) is 4.18. The van der Waals surface area contributed by atoms with E-state index in [-0.39, 0.29) is 6.04 Å². The van der Waals surface area contributed by atoms with Gasteiger partial charge in [-0.25, -0.2) is 4.98 Å². The Labute approximate surface area is 125 Å². The number of aromatic nitrogens is 1. The summed E-state index contributed by atoms with van der Waals surface area (Å²) in [6, 6.07) is 12.8. The van der Waals surface area contributed by atoms with Gasteiger partial charge in [0.15, 0.2) is 0 Å². The van der Waals surface area contributed by atoms with Crippen molar-refractivity contribution in [1.82, 2.24) is 9.88 Å². The highest BCUT2D eigenvalue weighted by atomic mass is 16.5. The Bertz CT molecular complexity index is 597. The number of methoxy groups -OCH3 is 1. The third kappa shape index (κ3) is 2.91. The number of benzene rings is 1. The van der Waals surface area contributed by atoms with Gasteiger partial charge in [-0.15, -0.1) is 0 Å². The lowest BCUT2D eigenvalue weighted by Crippen LogP contribution is -2.37. The van der Waals surface area contributed by atoms with Crippen LogP contribution in [0.4, 0.5) is 0 Å². The molecule has 2 N–H and O–H groups in total. The molecule has 3 rings (SSSR count). The Morgan fingerprint density at radius 3 is 2.71 bits per heavy atom. The minimum Gasteiger partial charge on any atom is -0.481 e. The van der Waals surface area contributed by atoms with Crippen LogP contribution in [0.1, 0.15) is 22.7 Å². The van der Waals surface area contributed by atoms with Crippen LogP contribution in [0.25, 0.3) is 0 Å². The highest BCUT2D eigenvalue weighted by molar-refractivity contribution is 5.30. The number of hydrogen-bond donors (Lipinski definition) is 1. The van der Waals surface area contributed by atoms with E-state index in [1.165, 1.54) is 11.1 Å². The first-order valence-corrected chi connectivity index (χ1v) is 7.32. The lowest BCUT2D eigenvalue weighted by Gasteiger charge is -2.35. The van der Waals surface area contributed by atoms with Crippen LogP contribution >= 0.6 is 0 Å². The summed E-state index contributed by atoms with van der Waals surface area (Å²) in [5.74, 6) is 0.638. The van der Waals surface area contributed by atoms with Crippen LogP contribution in [-0.4, -0.2) is 30.1 Å². The molecular weight excluding hydrogens is 262 g/mol. The average molecular weight is 283 g/mol. The topological polar surface area (TPSA) is 51.4 Å². The first-order chi connectivity index (χ1) is 10.3. The van der Waals surface area contributed by atoms with Crippen molar-refractivity contribution in [1.29, 1.82) is 0 Å². The van der Waals surface area contributed by atoms with E-state index in [1.807, 2.05) is 12.3 Å².